The first-order chi connectivity index (χ1) is 11.5. The predicted octanol–water partition coefficient (Wildman–Crippen LogP) is 0.583. The van der Waals surface area contributed by atoms with Gasteiger partial charge < -0.3 is 10.1 Å². The van der Waals surface area contributed by atoms with Crippen LogP contribution >= 0.6 is 0 Å². The third-order valence-corrected chi connectivity index (χ3v) is 4.00. The molecule has 2 heterocycles. The van der Waals surface area contributed by atoms with Gasteiger partial charge in [-0.25, -0.2) is 9.67 Å². The second-order valence-electron chi connectivity index (χ2n) is 5.78. The number of ether oxygens (including phenoxy) is 1. The van der Waals surface area contributed by atoms with Gasteiger partial charge in [-0.05, 0) is 36.6 Å². The maximum atomic E-state index is 12.3. The third kappa shape index (κ3) is 3.22. The Balaban J connectivity index is 1.63. The van der Waals surface area contributed by atoms with Crippen LogP contribution < -0.4 is 15.4 Å². The first kappa shape index (κ1) is 16.0. The Kier molecular flexibility index (Phi) is 4.20. The molecule has 1 aromatic carbocycles. The maximum Gasteiger partial charge on any atom is 0.268 e. The number of carbonyl (C=O) groups excluding carboxylic acids is 2. The fourth-order valence-electron chi connectivity index (χ4n) is 2.50. The number of hydrogen-bond donors (Lipinski definition) is 2. The fraction of sp³-hybridized carbons (Fsp3) is 0.375. The minimum absolute atomic E-state index is 0.0449. The molecule has 0 spiro atoms. The van der Waals surface area contributed by atoms with Crippen LogP contribution in [0.2, 0.25) is 0 Å². The van der Waals surface area contributed by atoms with Crippen molar-refractivity contribution in [3.05, 3.63) is 35.2 Å². The van der Waals surface area contributed by atoms with E-state index in [0.29, 0.717) is 6.42 Å². The molecule has 2 amide bonds. The highest BCUT2D eigenvalue weighted by Gasteiger charge is 2.30. The van der Waals surface area contributed by atoms with Crippen LogP contribution in [0.3, 0.4) is 0 Å². The highest BCUT2D eigenvalue weighted by Crippen LogP contribution is 2.31. The Morgan fingerprint density at radius 3 is 2.83 bits per heavy atom. The summed E-state index contributed by atoms with van der Waals surface area (Å²) in [6, 6.07) is 4.00. The average Bonchev–Trinajstić information content (AvgIpc) is 3.14. The van der Waals surface area contributed by atoms with Crippen molar-refractivity contribution >= 4 is 17.8 Å². The number of amides is 2. The van der Waals surface area contributed by atoms with Gasteiger partial charge in [0.2, 0.25) is 11.9 Å². The minimum Gasteiger partial charge on any atom is -0.480 e. The Hall–Kier alpha value is -2.90. The molecule has 1 aliphatic heterocycles. The summed E-state index contributed by atoms with van der Waals surface area (Å²) >= 11 is 0. The number of nitrogens with zero attached hydrogens (tertiary/aromatic N) is 3. The molecular weight excluding hydrogens is 310 g/mol. The molecule has 0 aliphatic carbocycles. The summed E-state index contributed by atoms with van der Waals surface area (Å²) in [5.41, 5.74) is 3.33. The zero-order chi connectivity index (χ0) is 17.3. The van der Waals surface area contributed by atoms with Crippen molar-refractivity contribution in [3.8, 4) is 5.75 Å². The molecule has 1 aromatic heterocycles. The number of fused-ring (bicyclic) bond motifs is 1. The summed E-state index contributed by atoms with van der Waals surface area (Å²) in [5, 5.41) is 9.16. The van der Waals surface area contributed by atoms with E-state index in [4.69, 9.17) is 4.74 Å². The molecule has 8 heteroatoms. The predicted molar refractivity (Wildman–Crippen MR) is 86.8 cm³/mol. The molecule has 0 radical (unpaired) electrons. The van der Waals surface area contributed by atoms with E-state index >= 15 is 0 Å². The van der Waals surface area contributed by atoms with Crippen LogP contribution in [0.1, 0.15) is 16.7 Å². The first-order valence-corrected chi connectivity index (χ1v) is 7.64. The summed E-state index contributed by atoms with van der Waals surface area (Å²) in [5.74, 6) is 0.393. The van der Waals surface area contributed by atoms with Crippen molar-refractivity contribution in [2.75, 3.05) is 12.4 Å². The largest absolute Gasteiger partial charge is 0.480 e. The van der Waals surface area contributed by atoms with E-state index in [1.165, 1.54) is 16.6 Å². The summed E-state index contributed by atoms with van der Waals surface area (Å²) in [4.78, 5) is 27.6. The van der Waals surface area contributed by atoms with Crippen LogP contribution in [0.4, 0.5) is 5.95 Å². The lowest BCUT2D eigenvalue weighted by Gasteiger charge is -2.09. The number of aryl methyl sites for hydroxylation is 2. The monoisotopic (exact) mass is 329 g/mol. The zero-order valence-corrected chi connectivity index (χ0v) is 13.8. The van der Waals surface area contributed by atoms with Crippen LogP contribution in [0.5, 0.6) is 5.75 Å². The molecule has 8 nitrogen and oxygen atoms in total. The second-order valence-corrected chi connectivity index (χ2v) is 5.78. The molecule has 0 saturated heterocycles. The number of rotatable bonds is 4. The van der Waals surface area contributed by atoms with Gasteiger partial charge in [-0.15, -0.1) is 5.10 Å². The molecule has 0 bridgehead atoms. The van der Waals surface area contributed by atoms with Gasteiger partial charge in [-0.1, -0.05) is 6.07 Å². The summed E-state index contributed by atoms with van der Waals surface area (Å²) in [7, 11) is 1.54. The maximum absolute atomic E-state index is 12.3. The topological polar surface area (TPSA) is 98.1 Å². The van der Waals surface area contributed by atoms with Crippen molar-refractivity contribution in [1.82, 2.24) is 20.1 Å². The number of aromatic nitrogens is 3. The van der Waals surface area contributed by atoms with E-state index in [1.54, 1.807) is 7.05 Å². The van der Waals surface area contributed by atoms with Gasteiger partial charge in [0.1, 0.15) is 18.6 Å². The van der Waals surface area contributed by atoms with E-state index in [-0.39, 0.29) is 24.3 Å². The van der Waals surface area contributed by atoms with Gasteiger partial charge in [-0.2, -0.15) is 0 Å². The number of hydrogen-bond acceptors (Lipinski definition) is 5. The number of anilines is 1. The summed E-state index contributed by atoms with van der Waals surface area (Å²) in [6.45, 7) is 4.09. The number of nitrogens with one attached hydrogen (secondary N) is 2. The molecule has 0 unspecified atom stereocenters. The molecule has 0 saturated carbocycles. The summed E-state index contributed by atoms with van der Waals surface area (Å²) < 4.78 is 7.08. The molecule has 2 N–H and O–H groups in total. The SMILES string of the molecule is CNC(=O)Cn1cnc(NC(=O)[C@@H]2Cc3cc(C)c(C)cc3O2)n1. The van der Waals surface area contributed by atoms with Crippen LogP contribution in [0, 0.1) is 13.8 Å². The van der Waals surface area contributed by atoms with Gasteiger partial charge in [0.15, 0.2) is 6.10 Å². The summed E-state index contributed by atoms with van der Waals surface area (Å²) in [6.07, 6.45) is 1.30. The Morgan fingerprint density at radius 2 is 2.08 bits per heavy atom. The van der Waals surface area contributed by atoms with Crippen molar-refractivity contribution < 1.29 is 14.3 Å². The van der Waals surface area contributed by atoms with Crippen LogP contribution in [-0.4, -0.2) is 39.7 Å². The molecule has 0 fully saturated rings. The smallest absolute Gasteiger partial charge is 0.268 e. The molecule has 1 aliphatic rings. The minimum atomic E-state index is -0.605. The van der Waals surface area contributed by atoms with E-state index in [9.17, 15) is 9.59 Å². The highest BCUT2D eigenvalue weighted by molar-refractivity contribution is 5.93. The van der Waals surface area contributed by atoms with Gasteiger partial charge in [0, 0.05) is 13.5 Å². The van der Waals surface area contributed by atoms with Crippen LogP contribution in [-0.2, 0) is 22.6 Å². The number of benzene rings is 1. The lowest BCUT2D eigenvalue weighted by molar-refractivity contribution is -0.122. The van der Waals surface area contributed by atoms with Gasteiger partial charge in [0.05, 0.1) is 0 Å². The van der Waals surface area contributed by atoms with E-state index in [2.05, 4.69) is 20.7 Å². The Morgan fingerprint density at radius 1 is 1.33 bits per heavy atom. The Labute approximate surface area is 139 Å². The number of likely N-dealkylation sites (N-methyl/N-ethyl adjacent to an activating group) is 1. The second kappa shape index (κ2) is 6.31. The van der Waals surface area contributed by atoms with Crippen molar-refractivity contribution in [3.63, 3.8) is 0 Å². The van der Waals surface area contributed by atoms with Crippen molar-refractivity contribution in [1.29, 1.82) is 0 Å². The van der Waals surface area contributed by atoms with E-state index in [0.717, 1.165) is 16.9 Å². The lowest BCUT2D eigenvalue weighted by Crippen LogP contribution is -2.32. The third-order valence-electron chi connectivity index (χ3n) is 4.00. The van der Waals surface area contributed by atoms with Crippen LogP contribution in [0.25, 0.3) is 0 Å². The first-order valence-electron chi connectivity index (χ1n) is 7.64. The quantitative estimate of drug-likeness (QED) is 0.855. The molecule has 3 rings (SSSR count). The van der Waals surface area contributed by atoms with E-state index in [1.807, 2.05) is 26.0 Å². The number of carbonyl (C=O) groups is 2. The molecule has 2 aromatic rings. The molecular formula is C16H19N5O3. The zero-order valence-electron chi connectivity index (χ0n) is 13.8. The van der Waals surface area contributed by atoms with Gasteiger partial charge in [0.25, 0.3) is 5.91 Å². The molecule has 24 heavy (non-hydrogen) atoms. The van der Waals surface area contributed by atoms with E-state index < -0.39 is 6.10 Å². The normalized spacial score (nSPS) is 15.5. The molecule has 1 atom stereocenters. The fourth-order valence-corrected chi connectivity index (χ4v) is 2.50. The van der Waals surface area contributed by atoms with Crippen LogP contribution in [0.15, 0.2) is 18.5 Å². The van der Waals surface area contributed by atoms with Crippen molar-refractivity contribution in [2.24, 2.45) is 0 Å². The average molecular weight is 329 g/mol. The molecule has 126 valence electrons. The highest BCUT2D eigenvalue weighted by atomic mass is 16.5. The van der Waals surface area contributed by atoms with Crippen molar-refractivity contribution in [2.45, 2.75) is 32.9 Å². The lowest BCUT2D eigenvalue weighted by atomic mass is 10.0. The van der Waals surface area contributed by atoms with Gasteiger partial charge >= 0.3 is 0 Å². The van der Waals surface area contributed by atoms with Gasteiger partial charge in [-0.3, -0.25) is 14.9 Å². The standard InChI is InChI=1S/C16H19N5O3/c1-9-4-11-6-13(24-12(11)5-10(9)2)15(23)19-16-18-8-21(20-16)7-14(22)17-3/h4-5,8,13H,6-7H2,1-3H3,(H,17,22)(H,19,20,23)/t13-/m0/s1. The Bertz CT molecular complexity index is 768.